The molecular formula is C30H28F2O4. The molecule has 1 heterocycles. The Kier molecular flexibility index (Phi) is 9.23. The van der Waals surface area contributed by atoms with Crippen LogP contribution in [-0.4, -0.2) is 24.4 Å². The van der Waals surface area contributed by atoms with Crippen LogP contribution in [0.25, 0.3) is 0 Å². The van der Waals surface area contributed by atoms with E-state index in [1.165, 1.54) is 0 Å². The molecule has 4 nitrogen and oxygen atoms in total. The molecule has 1 fully saturated rings. The first-order valence-corrected chi connectivity index (χ1v) is 11.8. The highest BCUT2D eigenvalue weighted by atomic mass is 19.3. The SMILES string of the molecule is CC#C[C@H]1OC(=C(F)F)[C@H](OCc2ccccc2)[C@@H](OCc2ccccc2)[C@H]1OCc1ccccc1. The van der Waals surface area contributed by atoms with E-state index in [4.69, 9.17) is 18.9 Å². The zero-order valence-corrected chi connectivity index (χ0v) is 20.0. The van der Waals surface area contributed by atoms with Gasteiger partial charge < -0.3 is 18.9 Å². The number of halogens is 2. The first-order valence-electron chi connectivity index (χ1n) is 11.8. The minimum absolute atomic E-state index is 0.104. The lowest BCUT2D eigenvalue weighted by Gasteiger charge is -2.41. The second-order valence-electron chi connectivity index (χ2n) is 8.30. The second-order valence-corrected chi connectivity index (χ2v) is 8.30. The van der Waals surface area contributed by atoms with Gasteiger partial charge in [0.1, 0.15) is 18.3 Å². The van der Waals surface area contributed by atoms with Crippen LogP contribution >= 0.6 is 0 Å². The van der Waals surface area contributed by atoms with Gasteiger partial charge in [0.2, 0.25) is 0 Å². The van der Waals surface area contributed by atoms with E-state index in [-0.39, 0.29) is 19.8 Å². The number of benzene rings is 3. The third kappa shape index (κ3) is 6.79. The summed E-state index contributed by atoms with van der Waals surface area (Å²) in [7, 11) is 0. The van der Waals surface area contributed by atoms with Crippen molar-refractivity contribution in [3.8, 4) is 11.8 Å². The van der Waals surface area contributed by atoms with E-state index >= 15 is 0 Å². The molecular weight excluding hydrogens is 462 g/mol. The van der Waals surface area contributed by atoms with Crippen molar-refractivity contribution in [3.05, 3.63) is 120 Å². The Morgan fingerprint density at radius 1 is 0.694 bits per heavy atom. The van der Waals surface area contributed by atoms with Crippen molar-refractivity contribution in [2.75, 3.05) is 0 Å². The number of hydrogen-bond donors (Lipinski definition) is 0. The topological polar surface area (TPSA) is 36.9 Å². The third-order valence-corrected chi connectivity index (χ3v) is 5.75. The lowest BCUT2D eigenvalue weighted by Crippen LogP contribution is -2.54. The number of hydrogen-bond acceptors (Lipinski definition) is 4. The molecule has 0 aliphatic carbocycles. The molecule has 3 aromatic carbocycles. The Balaban J connectivity index is 1.65. The van der Waals surface area contributed by atoms with Crippen molar-refractivity contribution >= 4 is 0 Å². The second kappa shape index (κ2) is 13.0. The van der Waals surface area contributed by atoms with Gasteiger partial charge in [0, 0.05) is 0 Å². The van der Waals surface area contributed by atoms with Crippen LogP contribution in [0.1, 0.15) is 23.6 Å². The Morgan fingerprint density at radius 2 is 1.14 bits per heavy atom. The predicted octanol–water partition coefficient (Wildman–Crippen LogP) is 6.27. The average Bonchev–Trinajstić information content (AvgIpc) is 2.92. The molecule has 1 aliphatic rings. The van der Waals surface area contributed by atoms with E-state index in [0.29, 0.717) is 0 Å². The van der Waals surface area contributed by atoms with Crippen molar-refractivity contribution < 1.29 is 27.7 Å². The summed E-state index contributed by atoms with van der Waals surface area (Å²) in [6.07, 6.45) is -5.77. The highest BCUT2D eigenvalue weighted by molar-refractivity contribution is 5.21. The van der Waals surface area contributed by atoms with Gasteiger partial charge in [0.25, 0.3) is 0 Å². The maximum Gasteiger partial charge on any atom is 0.310 e. The van der Waals surface area contributed by atoms with Crippen LogP contribution in [0.2, 0.25) is 0 Å². The molecule has 1 aliphatic heterocycles. The lowest BCUT2D eigenvalue weighted by molar-refractivity contribution is -0.205. The first-order chi connectivity index (χ1) is 17.7. The third-order valence-electron chi connectivity index (χ3n) is 5.75. The molecule has 1 saturated heterocycles. The van der Waals surface area contributed by atoms with Gasteiger partial charge in [-0.05, 0) is 23.6 Å². The normalized spacial score (nSPS) is 21.2. The predicted molar refractivity (Wildman–Crippen MR) is 133 cm³/mol. The summed E-state index contributed by atoms with van der Waals surface area (Å²) in [6.45, 7) is 2.16. The largest absolute Gasteiger partial charge is 0.471 e. The fraction of sp³-hybridized carbons (Fsp3) is 0.267. The Bertz CT molecular complexity index is 1170. The zero-order valence-electron chi connectivity index (χ0n) is 20.0. The molecule has 6 heteroatoms. The summed E-state index contributed by atoms with van der Waals surface area (Å²) in [4.78, 5) is 0. The molecule has 0 radical (unpaired) electrons. The molecule has 0 saturated carbocycles. The molecule has 0 aromatic heterocycles. The van der Waals surface area contributed by atoms with Gasteiger partial charge in [-0.15, -0.1) is 5.92 Å². The Morgan fingerprint density at radius 3 is 1.58 bits per heavy atom. The fourth-order valence-corrected chi connectivity index (χ4v) is 4.00. The van der Waals surface area contributed by atoms with Crippen molar-refractivity contribution in [2.24, 2.45) is 0 Å². The van der Waals surface area contributed by atoms with Crippen LogP contribution in [0.5, 0.6) is 0 Å². The Labute approximate surface area is 210 Å². The highest BCUT2D eigenvalue weighted by Crippen LogP contribution is 2.34. The van der Waals surface area contributed by atoms with Crippen molar-refractivity contribution in [1.29, 1.82) is 0 Å². The number of ether oxygens (including phenoxy) is 4. The summed E-state index contributed by atoms with van der Waals surface area (Å²) < 4.78 is 52.6. The molecule has 4 atom stereocenters. The van der Waals surface area contributed by atoms with E-state index in [0.717, 1.165) is 16.7 Å². The van der Waals surface area contributed by atoms with E-state index in [2.05, 4.69) is 11.8 Å². The maximum absolute atomic E-state index is 14.2. The average molecular weight is 491 g/mol. The first kappa shape index (κ1) is 25.6. The van der Waals surface area contributed by atoms with Crippen LogP contribution in [-0.2, 0) is 38.8 Å². The molecule has 36 heavy (non-hydrogen) atoms. The van der Waals surface area contributed by atoms with Crippen LogP contribution in [0.3, 0.4) is 0 Å². The van der Waals surface area contributed by atoms with Gasteiger partial charge in [0.05, 0.1) is 19.8 Å². The van der Waals surface area contributed by atoms with Crippen molar-refractivity contribution in [2.45, 2.75) is 51.2 Å². The quantitative estimate of drug-likeness (QED) is 0.331. The fourth-order valence-electron chi connectivity index (χ4n) is 4.00. The molecule has 3 aromatic rings. The van der Waals surface area contributed by atoms with Crippen molar-refractivity contribution in [1.82, 2.24) is 0 Å². The molecule has 0 unspecified atom stereocenters. The standard InChI is InChI=1S/C30H28F2O4/c1-2-12-25-26(33-19-22-13-6-3-7-14-22)27(34-20-23-15-8-4-9-16-23)28(29(36-25)30(31)32)35-21-24-17-10-5-11-18-24/h3-11,13-18,25-28H,19-21H2,1H3/t25-,26+,27+,28-/m1/s1. The summed E-state index contributed by atoms with van der Waals surface area (Å²) in [5.41, 5.74) is 2.68. The van der Waals surface area contributed by atoms with Gasteiger partial charge in [0.15, 0.2) is 11.9 Å². The highest BCUT2D eigenvalue weighted by Gasteiger charge is 2.47. The molecule has 0 amide bonds. The van der Waals surface area contributed by atoms with E-state index in [1.54, 1.807) is 6.92 Å². The summed E-state index contributed by atoms with van der Waals surface area (Å²) in [5, 5.41) is 0. The minimum Gasteiger partial charge on any atom is -0.471 e. The molecule has 0 spiro atoms. The van der Waals surface area contributed by atoms with Crippen LogP contribution < -0.4 is 0 Å². The van der Waals surface area contributed by atoms with Crippen LogP contribution in [0.15, 0.2) is 103 Å². The summed E-state index contributed by atoms with van der Waals surface area (Å²) >= 11 is 0. The van der Waals surface area contributed by atoms with E-state index in [9.17, 15) is 8.78 Å². The van der Waals surface area contributed by atoms with E-state index < -0.39 is 36.3 Å². The Hall–Kier alpha value is -3.50. The summed E-state index contributed by atoms with van der Waals surface area (Å²) in [6, 6.07) is 28.5. The van der Waals surface area contributed by atoms with Gasteiger partial charge in [-0.3, -0.25) is 0 Å². The zero-order chi connectivity index (χ0) is 25.2. The lowest BCUT2D eigenvalue weighted by atomic mass is 9.97. The van der Waals surface area contributed by atoms with Crippen molar-refractivity contribution in [3.63, 3.8) is 0 Å². The molecule has 0 bridgehead atoms. The monoisotopic (exact) mass is 490 g/mol. The summed E-state index contributed by atoms with van der Waals surface area (Å²) in [5.74, 6) is 5.08. The van der Waals surface area contributed by atoms with Crippen LogP contribution in [0.4, 0.5) is 8.78 Å². The van der Waals surface area contributed by atoms with Crippen LogP contribution in [0, 0.1) is 11.8 Å². The van der Waals surface area contributed by atoms with Gasteiger partial charge in [-0.2, -0.15) is 8.78 Å². The smallest absolute Gasteiger partial charge is 0.310 e. The maximum atomic E-state index is 14.2. The number of rotatable bonds is 9. The molecule has 0 N–H and O–H groups in total. The molecule has 186 valence electrons. The minimum atomic E-state index is -1.97. The van der Waals surface area contributed by atoms with E-state index in [1.807, 2.05) is 91.0 Å². The van der Waals surface area contributed by atoms with Gasteiger partial charge in [-0.1, -0.05) is 96.9 Å². The van der Waals surface area contributed by atoms with Gasteiger partial charge in [-0.25, -0.2) is 0 Å². The van der Waals surface area contributed by atoms with Gasteiger partial charge >= 0.3 is 6.08 Å². The molecule has 4 rings (SSSR count).